The first kappa shape index (κ1) is 16.7. The van der Waals surface area contributed by atoms with Crippen molar-refractivity contribution in [2.75, 3.05) is 38.0 Å². The molecule has 2 aliphatic heterocycles. The number of nitrogens with one attached hydrogen (secondary N) is 3. The van der Waals surface area contributed by atoms with Crippen LogP contribution in [-0.2, 0) is 9.59 Å². The van der Waals surface area contributed by atoms with E-state index in [-0.39, 0.29) is 17.7 Å². The second-order valence-electron chi connectivity index (χ2n) is 6.38. The predicted octanol–water partition coefficient (Wildman–Crippen LogP) is 1.04. The predicted molar refractivity (Wildman–Crippen MR) is 93.6 cm³/mol. The van der Waals surface area contributed by atoms with Gasteiger partial charge in [-0.05, 0) is 30.5 Å². The number of carbonyl (C=O) groups is 2. The average Bonchev–Trinajstić information content (AvgIpc) is 2.57. The van der Waals surface area contributed by atoms with Gasteiger partial charge in [-0.15, -0.1) is 0 Å². The Bertz CT molecular complexity index is 620. The lowest BCUT2D eigenvalue weighted by Crippen LogP contribution is -2.46. The van der Waals surface area contributed by atoms with Crippen molar-refractivity contribution >= 4 is 17.5 Å². The molecule has 6 nitrogen and oxygen atoms in total. The molecule has 6 heteroatoms. The third-order valence-corrected chi connectivity index (χ3v) is 4.52. The zero-order chi connectivity index (χ0) is 16.9. The molecule has 0 bridgehead atoms. The number of carbonyl (C=O) groups excluding carboxylic acids is 2. The van der Waals surface area contributed by atoms with Crippen LogP contribution in [-0.4, -0.2) is 49.4 Å². The van der Waals surface area contributed by atoms with Crippen LogP contribution in [0.2, 0.25) is 0 Å². The topological polar surface area (TPSA) is 73.5 Å². The highest BCUT2D eigenvalue weighted by molar-refractivity contribution is 5.92. The van der Waals surface area contributed by atoms with E-state index in [1.807, 2.05) is 24.3 Å². The molecular formula is C18H24N4O2. The third kappa shape index (κ3) is 4.21. The summed E-state index contributed by atoms with van der Waals surface area (Å²) in [7, 11) is 0. The van der Waals surface area contributed by atoms with Gasteiger partial charge in [0.25, 0.3) is 0 Å². The van der Waals surface area contributed by atoms with Crippen molar-refractivity contribution in [3.63, 3.8) is 0 Å². The summed E-state index contributed by atoms with van der Waals surface area (Å²) >= 11 is 0. The molecule has 1 aromatic carbocycles. The minimum Gasteiger partial charge on any atom is -0.330 e. The molecule has 0 radical (unpaired) electrons. The summed E-state index contributed by atoms with van der Waals surface area (Å²) in [5, 5.41) is 9.00. The van der Waals surface area contributed by atoms with Gasteiger partial charge in [0.15, 0.2) is 0 Å². The van der Waals surface area contributed by atoms with Crippen LogP contribution in [0, 0.1) is 0 Å². The molecule has 2 amide bonds. The van der Waals surface area contributed by atoms with E-state index in [0.717, 1.165) is 56.0 Å². The number of rotatable bonds is 4. The number of hydrogen-bond acceptors (Lipinski definition) is 4. The summed E-state index contributed by atoms with van der Waals surface area (Å²) in [4.78, 5) is 26.3. The molecule has 1 unspecified atom stereocenters. The van der Waals surface area contributed by atoms with Gasteiger partial charge >= 0.3 is 0 Å². The Hall–Kier alpha value is -2.18. The van der Waals surface area contributed by atoms with Crippen molar-refractivity contribution in [1.82, 2.24) is 15.5 Å². The molecule has 2 aliphatic rings. The Labute approximate surface area is 142 Å². The summed E-state index contributed by atoms with van der Waals surface area (Å²) in [5.74, 6) is -0.140. The van der Waals surface area contributed by atoms with Gasteiger partial charge in [0.05, 0.1) is 12.5 Å². The Morgan fingerprint density at radius 3 is 2.62 bits per heavy atom. The number of piperazine rings is 1. The first-order chi connectivity index (χ1) is 11.6. The van der Waals surface area contributed by atoms with Crippen LogP contribution >= 0.6 is 0 Å². The van der Waals surface area contributed by atoms with E-state index in [9.17, 15) is 9.59 Å². The maximum absolute atomic E-state index is 12.1. The molecule has 2 heterocycles. The Kier molecular flexibility index (Phi) is 5.27. The molecule has 1 atom stereocenters. The summed E-state index contributed by atoms with van der Waals surface area (Å²) in [6.45, 7) is 7.86. The van der Waals surface area contributed by atoms with Gasteiger partial charge < -0.3 is 16.0 Å². The lowest BCUT2D eigenvalue weighted by Gasteiger charge is -2.26. The first-order valence-corrected chi connectivity index (χ1v) is 8.43. The van der Waals surface area contributed by atoms with E-state index in [2.05, 4.69) is 27.4 Å². The van der Waals surface area contributed by atoms with Gasteiger partial charge in [-0.3, -0.25) is 14.5 Å². The number of benzene rings is 1. The SMILES string of the molecule is C=C1CCC(c2ccc(NC(=O)CN3CCNCC3)cc2)C(=O)N1. The van der Waals surface area contributed by atoms with Crippen molar-refractivity contribution in [2.24, 2.45) is 0 Å². The minimum atomic E-state index is -0.138. The highest BCUT2D eigenvalue weighted by Crippen LogP contribution is 2.27. The summed E-state index contributed by atoms with van der Waals surface area (Å²) in [5.41, 5.74) is 2.52. The van der Waals surface area contributed by atoms with Gasteiger partial charge in [-0.2, -0.15) is 0 Å². The smallest absolute Gasteiger partial charge is 0.238 e. The van der Waals surface area contributed by atoms with E-state index in [1.54, 1.807) is 0 Å². The van der Waals surface area contributed by atoms with E-state index < -0.39 is 0 Å². The van der Waals surface area contributed by atoms with Crippen LogP contribution in [0.4, 0.5) is 5.69 Å². The molecule has 3 rings (SSSR count). The number of anilines is 1. The van der Waals surface area contributed by atoms with Crippen LogP contribution in [0.3, 0.4) is 0 Å². The normalized spacial score (nSPS) is 22.1. The quantitative estimate of drug-likeness (QED) is 0.772. The van der Waals surface area contributed by atoms with Crippen molar-refractivity contribution in [1.29, 1.82) is 0 Å². The highest BCUT2D eigenvalue weighted by Gasteiger charge is 2.25. The monoisotopic (exact) mass is 328 g/mol. The maximum Gasteiger partial charge on any atom is 0.238 e. The Morgan fingerprint density at radius 2 is 1.96 bits per heavy atom. The summed E-state index contributed by atoms with van der Waals surface area (Å²) in [6.07, 6.45) is 1.58. The van der Waals surface area contributed by atoms with Gasteiger partial charge in [0.2, 0.25) is 11.8 Å². The van der Waals surface area contributed by atoms with Gasteiger partial charge in [0, 0.05) is 37.6 Å². The van der Waals surface area contributed by atoms with Crippen molar-refractivity contribution in [3.05, 3.63) is 42.1 Å². The van der Waals surface area contributed by atoms with Crippen molar-refractivity contribution in [2.45, 2.75) is 18.8 Å². The number of piperidine rings is 1. The lowest BCUT2D eigenvalue weighted by atomic mass is 9.90. The Morgan fingerprint density at radius 1 is 1.25 bits per heavy atom. The molecule has 3 N–H and O–H groups in total. The molecule has 2 fully saturated rings. The number of hydrogen-bond donors (Lipinski definition) is 3. The van der Waals surface area contributed by atoms with Gasteiger partial charge in [0.1, 0.15) is 0 Å². The fourth-order valence-corrected chi connectivity index (χ4v) is 3.16. The van der Waals surface area contributed by atoms with Crippen molar-refractivity contribution < 1.29 is 9.59 Å². The highest BCUT2D eigenvalue weighted by atomic mass is 16.2. The minimum absolute atomic E-state index is 0.00161. The zero-order valence-corrected chi connectivity index (χ0v) is 13.8. The first-order valence-electron chi connectivity index (χ1n) is 8.43. The van der Waals surface area contributed by atoms with Crippen LogP contribution < -0.4 is 16.0 Å². The Balaban J connectivity index is 1.55. The second kappa shape index (κ2) is 7.59. The third-order valence-electron chi connectivity index (χ3n) is 4.52. The largest absolute Gasteiger partial charge is 0.330 e. The molecular weight excluding hydrogens is 304 g/mol. The van der Waals surface area contributed by atoms with Gasteiger partial charge in [-0.25, -0.2) is 0 Å². The molecule has 24 heavy (non-hydrogen) atoms. The maximum atomic E-state index is 12.1. The standard InChI is InChI=1S/C18H24N4O2/c1-13-2-7-16(18(24)20-13)14-3-5-15(6-4-14)21-17(23)12-22-10-8-19-9-11-22/h3-6,16,19H,1-2,7-12H2,(H,20,24)(H,21,23). The van der Waals surface area contributed by atoms with Crippen LogP contribution in [0.5, 0.6) is 0 Å². The zero-order valence-electron chi connectivity index (χ0n) is 13.8. The summed E-state index contributed by atoms with van der Waals surface area (Å²) in [6, 6.07) is 7.56. The summed E-state index contributed by atoms with van der Waals surface area (Å²) < 4.78 is 0. The number of allylic oxidation sites excluding steroid dienone is 1. The van der Waals surface area contributed by atoms with Crippen LogP contribution in [0.15, 0.2) is 36.5 Å². The molecule has 0 aliphatic carbocycles. The fraction of sp³-hybridized carbons (Fsp3) is 0.444. The van der Waals surface area contributed by atoms with Crippen LogP contribution in [0.25, 0.3) is 0 Å². The van der Waals surface area contributed by atoms with E-state index >= 15 is 0 Å². The van der Waals surface area contributed by atoms with Crippen molar-refractivity contribution in [3.8, 4) is 0 Å². The van der Waals surface area contributed by atoms with E-state index in [0.29, 0.717) is 6.54 Å². The molecule has 2 saturated heterocycles. The molecule has 128 valence electrons. The lowest BCUT2D eigenvalue weighted by molar-refractivity contribution is -0.123. The van der Waals surface area contributed by atoms with E-state index in [1.165, 1.54) is 0 Å². The van der Waals surface area contributed by atoms with Gasteiger partial charge in [-0.1, -0.05) is 18.7 Å². The average molecular weight is 328 g/mol. The molecule has 1 aromatic rings. The van der Waals surface area contributed by atoms with E-state index in [4.69, 9.17) is 0 Å². The van der Waals surface area contributed by atoms with Crippen LogP contribution in [0.1, 0.15) is 24.3 Å². The molecule has 0 aromatic heterocycles. The number of amides is 2. The molecule has 0 spiro atoms. The molecule has 0 saturated carbocycles. The fourth-order valence-electron chi connectivity index (χ4n) is 3.16. The number of nitrogens with zero attached hydrogens (tertiary/aromatic N) is 1. The second-order valence-corrected chi connectivity index (χ2v) is 6.38.